The molecule has 6 heteroatoms. The number of nitrogens with zero attached hydrogens (tertiary/aromatic N) is 4. The minimum Gasteiger partial charge on any atom is -0.496 e. The Kier molecular flexibility index (Phi) is 6.68. The second-order valence-electron chi connectivity index (χ2n) is 6.53. The Bertz CT molecular complexity index is 904. The van der Waals surface area contributed by atoms with Gasteiger partial charge in [0.05, 0.1) is 13.7 Å². The molecule has 0 bridgehead atoms. The maximum absolute atomic E-state index is 5.45. The fraction of sp³-hybridized carbons (Fsp3) is 0.273. The SMILES string of the molecule is CN=C(NCc1nccn1Cc1ccccc1)N(C)Cc1ccccc1OC. The lowest BCUT2D eigenvalue weighted by molar-refractivity contribution is 0.396. The van der Waals surface area contributed by atoms with E-state index in [4.69, 9.17) is 4.74 Å². The van der Waals surface area contributed by atoms with Crippen LogP contribution in [-0.4, -0.2) is 41.6 Å². The second-order valence-corrected chi connectivity index (χ2v) is 6.53. The van der Waals surface area contributed by atoms with Gasteiger partial charge in [-0.25, -0.2) is 4.98 Å². The molecule has 146 valence electrons. The number of aromatic nitrogens is 2. The zero-order chi connectivity index (χ0) is 19.8. The molecular weight excluding hydrogens is 350 g/mol. The molecule has 0 radical (unpaired) electrons. The van der Waals surface area contributed by atoms with Crippen molar-refractivity contribution in [3.8, 4) is 5.75 Å². The molecule has 3 rings (SSSR count). The van der Waals surface area contributed by atoms with Gasteiger partial charge < -0.3 is 19.5 Å². The Balaban J connectivity index is 1.62. The van der Waals surface area contributed by atoms with E-state index in [-0.39, 0.29) is 0 Å². The van der Waals surface area contributed by atoms with Gasteiger partial charge >= 0.3 is 0 Å². The van der Waals surface area contributed by atoms with E-state index in [1.807, 2.05) is 43.7 Å². The molecule has 0 aliphatic rings. The summed E-state index contributed by atoms with van der Waals surface area (Å²) in [6.45, 7) is 2.10. The molecule has 0 fully saturated rings. The third-order valence-electron chi connectivity index (χ3n) is 4.58. The van der Waals surface area contributed by atoms with Crippen molar-refractivity contribution in [2.75, 3.05) is 21.2 Å². The number of imidazole rings is 1. The fourth-order valence-corrected chi connectivity index (χ4v) is 3.14. The molecular formula is C22H27N5O. The first-order chi connectivity index (χ1) is 13.7. The predicted octanol–water partition coefficient (Wildman–Crippen LogP) is 3.15. The molecule has 1 aromatic heterocycles. The highest BCUT2D eigenvalue weighted by atomic mass is 16.5. The molecule has 1 N–H and O–H groups in total. The van der Waals surface area contributed by atoms with Gasteiger partial charge in [-0.05, 0) is 11.6 Å². The number of aliphatic imine (C=N–C) groups is 1. The van der Waals surface area contributed by atoms with Crippen LogP contribution < -0.4 is 10.1 Å². The number of para-hydroxylation sites is 1. The van der Waals surface area contributed by atoms with Gasteiger partial charge in [0, 0.05) is 45.1 Å². The van der Waals surface area contributed by atoms with Gasteiger partial charge in [0.2, 0.25) is 0 Å². The summed E-state index contributed by atoms with van der Waals surface area (Å²) in [7, 11) is 5.49. The quantitative estimate of drug-likeness (QED) is 0.508. The molecule has 0 atom stereocenters. The van der Waals surface area contributed by atoms with Crippen molar-refractivity contribution in [3.63, 3.8) is 0 Å². The van der Waals surface area contributed by atoms with Crippen LogP contribution in [0.25, 0.3) is 0 Å². The van der Waals surface area contributed by atoms with Crippen LogP contribution in [-0.2, 0) is 19.6 Å². The maximum Gasteiger partial charge on any atom is 0.194 e. The Morgan fingerprint density at radius 3 is 2.64 bits per heavy atom. The topological polar surface area (TPSA) is 54.7 Å². The summed E-state index contributed by atoms with van der Waals surface area (Å²) in [4.78, 5) is 11.0. The first kappa shape index (κ1) is 19.5. The first-order valence-corrected chi connectivity index (χ1v) is 9.29. The molecule has 0 amide bonds. The summed E-state index contributed by atoms with van der Waals surface area (Å²) in [5.74, 6) is 2.65. The van der Waals surface area contributed by atoms with E-state index in [2.05, 4.69) is 55.1 Å². The van der Waals surface area contributed by atoms with Crippen LogP contribution in [0.4, 0.5) is 0 Å². The highest BCUT2D eigenvalue weighted by Crippen LogP contribution is 2.18. The summed E-state index contributed by atoms with van der Waals surface area (Å²) >= 11 is 0. The average Bonchev–Trinajstić information content (AvgIpc) is 3.16. The molecule has 3 aromatic rings. The molecule has 0 unspecified atom stereocenters. The van der Waals surface area contributed by atoms with Crippen LogP contribution in [0.3, 0.4) is 0 Å². The highest BCUT2D eigenvalue weighted by Gasteiger charge is 2.11. The molecule has 0 aliphatic carbocycles. The van der Waals surface area contributed by atoms with Crippen molar-refractivity contribution < 1.29 is 4.74 Å². The summed E-state index contributed by atoms with van der Waals surface area (Å²) < 4.78 is 7.60. The predicted molar refractivity (Wildman–Crippen MR) is 112 cm³/mol. The van der Waals surface area contributed by atoms with Crippen molar-refractivity contribution in [3.05, 3.63) is 83.9 Å². The average molecular weight is 377 g/mol. The molecule has 1 heterocycles. The van der Waals surface area contributed by atoms with Gasteiger partial charge in [0.15, 0.2) is 5.96 Å². The van der Waals surface area contributed by atoms with Crippen LogP contribution in [0.2, 0.25) is 0 Å². The Hall–Kier alpha value is -3.28. The molecule has 2 aromatic carbocycles. The zero-order valence-electron chi connectivity index (χ0n) is 16.7. The monoisotopic (exact) mass is 377 g/mol. The number of methoxy groups -OCH3 is 1. The number of ether oxygens (including phenoxy) is 1. The summed E-state index contributed by atoms with van der Waals surface area (Å²) in [5, 5.41) is 3.41. The standard InChI is InChI=1S/C22H27N5O/c1-23-22(26(2)17-19-11-7-8-12-20(19)28-3)25-15-21-24-13-14-27(21)16-18-9-5-4-6-10-18/h4-14H,15-17H2,1-3H3,(H,23,25). The van der Waals surface area contributed by atoms with Crippen LogP contribution in [0.15, 0.2) is 72.0 Å². The van der Waals surface area contributed by atoms with Crippen molar-refractivity contribution in [1.82, 2.24) is 19.8 Å². The Morgan fingerprint density at radius 1 is 1.14 bits per heavy atom. The number of nitrogens with one attached hydrogen (secondary N) is 1. The van der Waals surface area contributed by atoms with Gasteiger partial charge in [0.1, 0.15) is 11.6 Å². The lowest BCUT2D eigenvalue weighted by Crippen LogP contribution is -2.38. The van der Waals surface area contributed by atoms with E-state index < -0.39 is 0 Å². The van der Waals surface area contributed by atoms with Gasteiger partial charge in [0.25, 0.3) is 0 Å². The molecule has 0 saturated heterocycles. The largest absolute Gasteiger partial charge is 0.496 e. The van der Waals surface area contributed by atoms with E-state index in [0.717, 1.165) is 29.6 Å². The van der Waals surface area contributed by atoms with E-state index >= 15 is 0 Å². The van der Waals surface area contributed by atoms with Gasteiger partial charge in [-0.1, -0.05) is 48.5 Å². The van der Waals surface area contributed by atoms with E-state index in [9.17, 15) is 0 Å². The summed E-state index contributed by atoms with van der Waals surface area (Å²) in [6.07, 6.45) is 3.84. The lowest BCUT2D eigenvalue weighted by atomic mass is 10.2. The van der Waals surface area contributed by atoms with Gasteiger partial charge in [-0.15, -0.1) is 0 Å². The fourth-order valence-electron chi connectivity index (χ4n) is 3.14. The second kappa shape index (κ2) is 9.60. The van der Waals surface area contributed by atoms with E-state index in [1.165, 1.54) is 5.56 Å². The van der Waals surface area contributed by atoms with Crippen LogP contribution in [0.5, 0.6) is 5.75 Å². The number of hydrogen-bond acceptors (Lipinski definition) is 3. The number of rotatable bonds is 7. The summed E-state index contributed by atoms with van der Waals surface area (Å²) in [6, 6.07) is 18.4. The number of benzene rings is 2. The van der Waals surface area contributed by atoms with E-state index in [0.29, 0.717) is 13.1 Å². The van der Waals surface area contributed by atoms with Crippen molar-refractivity contribution in [2.45, 2.75) is 19.6 Å². The maximum atomic E-state index is 5.45. The number of hydrogen-bond donors (Lipinski definition) is 1. The molecule has 0 aliphatic heterocycles. The Labute approximate surface area is 166 Å². The summed E-state index contributed by atoms with van der Waals surface area (Å²) in [5.41, 5.74) is 2.36. The molecule has 28 heavy (non-hydrogen) atoms. The molecule has 0 spiro atoms. The minimum absolute atomic E-state index is 0.600. The van der Waals surface area contributed by atoms with E-state index in [1.54, 1.807) is 14.2 Å². The van der Waals surface area contributed by atoms with Crippen molar-refractivity contribution in [1.29, 1.82) is 0 Å². The Morgan fingerprint density at radius 2 is 1.89 bits per heavy atom. The smallest absolute Gasteiger partial charge is 0.194 e. The van der Waals surface area contributed by atoms with Crippen molar-refractivity contribution >= 4 is 5.96 Å². The third-order valence-corrected chi connectivity index (χ3v) is 4.58. The van der Waals surface area contributed by atoms with Gasteiger partial charge in [-0.3, -0.25) is 4.99 Å². The zero-order valence-corrected chi connectivity index (χ0v) is 16.7. The van der Waals surface area contributed by atoms with Crippen LogP contribution >= 0.6 is 0 Å². The molecule has 6 nitrogen and oxygen atoms in total. The molecule has 0 saturated carbocycles. The van der Waals surface area contributed by atoms with Crippen LogP contribution in [0, 0.1) is 0 Å². The third kappa shape index (κ3) is 4.91. The van der Waals surface area contributed by atoms with Crippen molar-refractivity contribution in [2.24, 2.45) is 4.99 Å². The lowest BCUT2D eigenvalue weighted by Gasteiger charge is -2.23. The minimum atomic E-state index is 0.600. The first-order valence-electron chi connectivity index (χ1n) is 9.29. The van der Waals surface area contributed by atoms with Gasteiger partial charge in [-0.2, -0.15) is 0 Å². The highest BCUT2D eigenvalue weighted by molar-refractivity contribution is 5.79. The normalized spacial score (nSPS) is 11.3. The number of guanidine groups is 1. The van der Waals surface area contributed by atoms with Crippen LogP contribution in [0.1, 0.15) is 17.0 Å².